The van der Waals surface area contributed by atoms with Crippen molar-refractivity contribution in [3.63, 3.8) is 0 Å². The van der Waals surface area contributed by atoms with Crippen LogP contribution in [0.25, 0.3) is 0 Å². The number of para-hydroxylation sites is 1. The number of rotatable bonds is 2. The number of hydrogen-bond donors (Lipinski definition) is 1. The van der Waals surface area contributed by atoms with E-state index >= 15 is 0 Å². The Hall–Kier alpha value is -1.05. The molecule has 0 radical (unpaired) electrons. The maximum atomic E-state index is 13.7. The number of alkyl halides is 1. The molecule has 2 N–H and O–H groups in total. The van der Waals surface area contributed by atoms with Crippen molar-refractivity contribution in [3.8, 4) is 0 Å². The lowest BCUT2D eigenvalue weighted by atomic mass is 9.77. The van der Waals surface area contributed by atoms with Crippen molar-refractivity contribution in [2.45, 2.75) is 31.4 Å². The average molecular weight is 179 g/mol. The molecule has 1 fully saturated rings. The van der Waals surface area contributed by atoms with Crippen molar-refractivity contribution >= 4 is 5.69 Å². The molecule has 1 nitrogen and oxygen atoms in total. The second-order valence-corrected chi connectivity index (χ2v) is 3.88. The maximum absolute atomic E-state index is 13.7. The lowest BCUT2D eigenvalue weighted by Crippen LogP contribution is -2.34. The third-order valence-electron chi connectivity index (χ3n) is 2.81. The van der Waals surface area contributed by atoms with Gasteiger partial charge in [0, 0.05) is 12.1 Å². The molecule has 13 heavy (non-hydrogen) atoms. The Balaban J connectivity index is 2.13. The van der Waals surface area contributed by atoms with Gasteiger partial charge in [-0.3, -0.25) is 0 Å². The van der Waals surface area contributed by atoms with Crippen LogP contribution in [0, 0.1) is 0 Å². The molecular formula is C11H14FN. The molecule has 0 atom stereocenters. The number of benzene rings is 1. The van der Waals surface area contributed by atoms with Gasteiger partial charge in [-0.25, -0.2) is 4.39 Å². The molecule has 2 heteroatoms. The molecule has 0 unspecified atom stereocenters. The summed E-state index contributed by atoms with van der Waals surface area (Å²) in [6.45, 7) is 0. The van der Waals surface area contributed by atoms with Crippen molar-refractivity contribution < 1.29 is 4.39 Å². The van der Waals surface area contributed by atoms with Crippen LogP contribution in [0.5, 0.6) is 0 Å². The van der Waals surface area contributed by atoms with Gasteiger partial charge in [-0.05, 0) is 30.9 Å². The van der Waals surface area contributed by atoms with E-state index in [1.807, 2.05) is 24.3 Å². The van der Waals surface area contributed by atoms with E-state index in [4.69, 9.17) is 5.73 Å². The summed E-state index contributed by atoms with van der Waals surface area (Å²) in [5.41, 5.74) is 6.44. The van der Waals surface area contributed by atoms with Gasteiger partial charge in [0.25, 0.3) is 0 Å². The van der Waals surface area contributed by atoms with E-state index in [1.54, 1.807) is 0 Å². The van der Waals surface area contributed by atoms with Crippen LogP contribution >= 0.6 is 0 Å². The van der Waals surface area contributed by atoms with Crippen LogP contribution in [0.1, 0.15) is 24.8 Å². The van der Waals surface area contributed by atoms with Gasteiger partial charge < -0.3 is 5.73 Å². The first-order valence-corrected chi connectivity index (χ1v) is 4.72. The molecule has 1 saturated carbocycles. The van der Waals surface area contributed by atoms with Gasteiger partial charge in [0.05, 0.1) is 0 Å². The van der Waals surface area contributed by atoms with Crippen LogP contribution in [-0.2, 0) is 6.42 Å². The van der Waals surface area contributed by atoms with Crippen LogP contribution in [0.2, 0.25) is 0 Å². The topological polar surface area (TPSA) is 26.0 Å². The number of halogens is 1. The molecule has 0 heterocycles. The van der Waals surface area contributed by atoms with Gasteiger partial charge in [-0.2, -0.15) is 0 Å². The van der Waals surface area contributed by atoms with Crippen LogP contribution < -0.4 is 5.73 Å². The number of hydrogen-bond acceptors (Lipinski definition) is 1. The van der Waals surface area contributed by atoms with Crippen LogP contribution in [0.15, 0.2) is 24.3 Å². The van der Waals surface area contributed by atoms with Gasteiger partial charge >= 0.3 is 0 Å². The lowest BCUT2D eigenvalue weighted by molar-refractivity contribution is 0.0643. The molecule has 0 saturated heterocycles. The minimum Gasteiger partial charge on any atom is -0.399 e. The first-order chi connectivity index (χ1) is 6.20. The first kappa shape index (κ1) is 8.54. The monoisotopic (exact) mass is 179 g/mol. The standard InChI is InChI=1S/C11H14FN/c12-11(6-3-7-11)8-9-4-1-2-5-10(9)13/h1-2,4-5H,3,6-8,13H2. The zero-order valence-electron chi connectivity index (χ0n) is 7.59. The van der Waals surface area contributed by atoms with Gasteiger partial charge in [-0.1, -0.05) is 18.2 Å². The van der Waals surface area contributed by atoms with Crippen LogP contribution in [-0.4, -0.2) is 5.67 Å². The van der Waals surface area contributed by atoms with Crippen LogP contribution in [0.4, 0.5) is 10.1 Å². The number of anilines is 1. The maximum Gasteiger partial charge on any atom is 0.115 e. The molecule has 0 amide bonds. The highest BCUT2D eigenvalue weighted by atomic mass is 19.1. The number of nitrogens with two attached hydrogens (primary N) is 1. The van der Waals surface area contributed by atoms with E-state index in [1.165, 1.54) is 0 Å². The first-order valence-electron chi connectivity index (χ1n) is 4.72. The number of nitrogen functional groups attached to an aromatic ring is 1. The smallest absolute Gasteiger partial charge is 0.115 e. The fraction of sp³-hybridized carbons (Fsp3) is 0.455. The predicted molar refractivity (Wildman–Crippen MR) is 52.2 cm³/mol. The van der Waals surface area contributed by atoms with E-state index in [0.29, 0.717) is 24.9 Å². The Morgan fingerprint density at radius 1 is 1.31 bits per heavy atom. The molecule has 0 spiro atoms. The Morgan fingerprint density at radius 2 is 2.00 bits per heavy atom. The Morgan fingerprint density at radius 3 is 2.54 bits per heavy atom. The SMILES string of the molecule is Nc1ccccc1CC1(F)CCC1. The fourth-order valence-electron chi connectivity index (χ4n) is 1.77. The second kappa shape index (κ2) is 3.02. The second-order valence-electron chi connectivity index (χ2n) is 3.88. The van der Waals surface area contributed by atoms with Crippen molar-refractivity contribution in [1.82, 2.24) is 0 Å². The molecular weight excluding hydrogens is 165 g/mol. The highest BCUT2D eigenvalue weighted by Gasteiger charge is 2.37. The lowest BCUT2D eigenvalue weighted by Gasteiger charge is -2.34. The summed E-state index contributed by atoms with van der Waals surface area (Å²) < 4.78 is 13.7. The molecule has 1 aromatic rings. The Bertz CT molecular complexity index is 305. The molecule has 1 aliphatic rings. The Kier molecular flexibility index (Phi) is 1.98. The third-order valence-corrected chi connectivity index (χ3v) is 2.81. The average Bonchev–Trinajstić information content (AvgIpc) is 2.06. The van der Waals surface area contributed by atoms with E-state index < -0.39 is 5.67 Å². The quantitative estimate of drug-likeness (QED) is 0.694. The van der Waals surface area contributed by atoms with Crippen molar-refractivity contribution in [2.75, 3.05) is 5.73 Å². The minimum atomic E-state index is -0.963. The summed E-state index contributed by atoms with van der Waals surface area (Å²) in [6.07, 6.45) is 2.89. The summed E-state index contributed by atoms with van der Waals surface area (Å²) in [6, 6.07) is 7.53. The summed E-state index contributed by atoms with van der Waals surface area (Å²) in [4.78, 5) is 0. The molecule has 0 aliphatic heterocycles. The van der Waals surface area contributed by atoms with Crippen molar-refractivity contribution in [2.24, 2.45) is 0 Å². The molecule has 0 aromatic heterocycles. The summed E-state index contributed by atoms with van der Waals surface area (Å²) in [5, 5.41) is 0. The third kappa shape index (κ3) is 1.67. The van der Waals surface area contributed by atoms with E-state index in [-0.39, 0.29) is 0 Å². The van der Waals surface area contributed by atoms with Gasteiger partial charge in [0.15, 0.2) is 0 Å². The summed E-state index contributed by atoms with van der Waals surface area (Å²) in [5.74, 6) is 0. The highest BCUT2D eigenvalue weighted by Crippen LogP contribution is 2.39. The molecule has 70 valence electrons. The van der Waals surface area contributed by atoms with Gasteiger partial charge in [0.1, 0.15) is 5.67 Å². The normalized spacial score (nSPS) is 19.5. The molecule has 0 bridgehead atoms. The summed E-state index contributed by atoms with van der Waals surface area (Å²) in [7, 11) is 0. The zero-order valence-corrected chi connectivity index (χ0v) is 7.59. The molecule has 2 rings (SSSR count). The van der Waals surface area contributed by atoms with E-state index in [9.17, 15) is 4.39 Å². The fourth-order valence-corrected chi connectivity index (χ4v) is 1.77. The zero-order chi connectivity index (χ0) is 9.31. The van der Waals surface area contributed by atoms with Gasteiger partial charge in [-0.15, -0.1) is 0 Å². The van der Waals surface area contributed by atoms with E-state index in [2.05, 4.69) is 0 Å². The minimum absolute atomic E-state index is 0.486. The molecule has 1 aliphatic carbocycles. The Labute approximate surface area is 77.8 Å². The van der Waals surface area contributed by atoms with E-state index in [0.717, 1.165) is 12.0 Å². The predicted octanol–water partition coefficient (Wildman–Crippen LogP) is 2.70. The van der Waals surface area contributed by atoms with Crippen LogP contribution in [0.3, 0.4) is 0 Å². The largest absolute Gasteiger partial charge is 0.399 e. The van der Waals surface area contributed by atoms with Crippen molar-refractivity contribution in [1.29, 1.82) is 0 Å². The van der Waals surface area contributed by atoms with Gasteiger partial charge in [0.2, 0.25) is 0 Å². The highest BCUT2D eigenvalue weighted by molar-refractivity contribution is 5.47. The molecule has 1 aromatic carbocycles. The van der Waals surface area contributed by atoms with Crippen molar-refractivity contribution in [3.05, 3.63) is 29.8 Å². The summed E-state index contributed by atoms with van der Waals surface area (Å²) >= 11 is 0.